The van der Waals surface area contributed by atoms with E-state index in [0.717, 1.165) is 19.3 Å². The summed E-state index contributed by atoms with van der Waals surface area (Å²) in [5, 5.41) is 4.05. The summed E-state index contributed by atoms with van der Waals surface area (Å²) in [5.74, 6) is 0.290. The molecule has 0 amide bonds. The van der Waals surface area contributed by atoms with Crippen molar-refractivity contribution >= 4 is 11.6 Å². The average molecular weight is 245 g/mol. The van der Waals surface area contributed by atoms with Gasteiger partial charge in [-0.3, -0.25) is 4.79 Å². The van der Waals surface area contributed by atoms with Crippen LogP contribution in [0.5, 0.6) is 5.75 Å². The maximum Gasteiger partial charge on any atom is 0.291 e. The van der Waals surface area contributed by atoms with E-state index in [1.54, 1.807) is 0 Å². The van der Waals surface area contributed by atoms with Gasteiger partial charge < -0.3 is 9.47 Å². The van der Waals surface area contributed by atoms with Gasteiger partial charge in [-0.05, 0) is 19.3 Å². The van der Waals surface area contributed by atoms with Crippen molar-refractivity contribution in [3.63, 3.8) is 0 Å². The van der Waals surface area contributed by atoms with Crippen LogP contribution in [0.4, 0.5) is 0 Å². The zero-order chi connectivity index (χ0) is 11.5. The Bertz CT molecular complexity index is 427. The Kier molecular flexibility index (Phi) is 3.46. The minimum Gasteiger partial charge on any atom is -0.493 e. The van der Waals surface area contributed by atoms with Crippen molar-refractivity contribution in [3.8, 4) is 5.75 Å². The molecule has 1 aromatic heterocycles. The highest BCUT2D eigenvalue weighted by molar-refractivity contribution is 6.31. The van der Waals surface area contributed by atoms with Gasteiger partial charge in [-0.15, -0.1) is 0 Å². The van der Waals surface area contributed by atoms with Gasteiger partial charge in [0, 0.05) is 6.61 Å². The van der Waals surface area contributed by atoms with Crippen LogP contribution in [-0.4, -0.2) is 23.5 Å². The number of hydrogen-bond donors (Lipinski definition) is 0. The highest BCUT2D eigenvalue weighted by Crippen LogP contribution is 2.23. The summed E-state index contributed by atoms with van der Waals surface area (Å²) in [7, 11) is 1.45. The molecule has 0 saturated carbocycles. The van der Waals surface area contributed by atoms with E-state index < -0.39 is 0 Å². The molecule has 0 unspecified atom stereocenters. The standard InChI is InChI=1S/C10H13ClN2O3/c1-15-7-6-12-13(10(14)9(7)11)8-4-2-3-5-16-8/h6,8H,2-5H2,1H3/t8-/m1/s1. The van der Waals surface area contributed by atoms with Crippen LogP contribution in [0.15, 0.2) is 11.0 Å². The Morgan fingerprint density at radius 3 is 3.06 bits per heavy atom. The molecular formula is C10H13ClN2O3. The van der Waals surface area contributed by atoms with E-state index in [2.05, 4.69) is 5.10 Å². The highest BCUT2D eigenvalue weighted by atomic mass is 35.5. The number of aromatic nitrogens is 2. The Labute approximate surface area is 97.9 Å². The van der Waals surface area contributed by atoms with E-state index in [-0.39, 0.29) is 16.8 Å². The summed E-state index contributed by atoms with van der Waals surface area (Å²) >= 11 is 5.86. The van der Waals surface area contributed by atoms with Crippen molar-refractivity contribution in [3.05, 3.63) is 21.6 Å². The predicted octanol–water partition coefficient (Wildman–Crippen LogP) is 1.60. The maximum absolute atomic E-state index is 11.9. The second-order valence-electron chi connectivity index (χ2n) is 3.60. The number of hydrogen-bond acceptors (Lipinski definition) is 4. The molecule has 2 heterocycles. The van der Waals surface area contributed by atoms with Gasteiger partial charge >= 0.3 is 0 Å². The maximum atomic E-state index is 11.9. The van der Waals surface area contributed by atoms with Crippen LogP contribution in [0.25, 0.3) is 0 Å². The molecule has 0 N–H and O–H groups in total. The molecule has 0 radical (unpaired) electrons. The zero-order valence-corrected chi connectivity index (χ0v) is 9.74. The molecule has 1 saturated heterocycles. The molecule has 0 aromatic carbocycles. The monoisotopic (exact) mass is 244 g/mol. The van der Waals surface area contributed by atoms with E-state index in [9.17, 15) is 4.79 Å². The minimum atomic E-state index is -0.368. The van der Waals surface area contributed by atoms with Crippen molar-refractivity contribution in [2.75, 3.05) is 13.7 Å². The topological polar surface area (TPSA) is 53.4 Å². The highest BCUT2D eigenvalue weighted by Gasteiger charge is 2.20. The molecule has 0 aliphatic carbocycles. The lowest BCUT2D eigenvalue weighted by molar-refractivity contribution is -0.0425. The molecular weight excluding hydrogens is 232 g/mol. The second kappa shape index (κ2) is 4.84. The van der Waals surface area contributed by atoms with Gasteiger partial charge in [0.2, 0.25) is 0 Å². The van der Waals surface area contributed by atoms with E-state index >= 15 is 0 Å². The van der Waals surface area contributed by atoms with Crippen LogP contribution in [0.2, 0.25) is 5.02 Å². The molecule has 1 aliphatic rings. The van der Waals surface area contributed by atoms with Crippen molar-refractivity contribution < 1.29 is 9.47 Å². The van der Waals surface area contributed by atoms with Gasteiger partial charge in [-0.1, -0.05) is 11.6 Å². The van der Waals surface area contributed by atoms with E-state index in [0.29, 0.717) is 12.4 Å². The summed E-state index contributed by atoms with van der Waals surface area (Å²) < 4.78 is 11.7. The first-order valence-corrected chi connectivity index (χ1v) is 5.54. The lowest BCUT2D eigenvalue weighted by atomic mass is 10.2. The summed E-state index contributed by atoms with van der Waals surface area (Å²) in [6.07, 6.45) is 3.97. The van der Waals surface area contributed by atoms with Crippen molar-refractivity contribution in [1.29, 1.82) is 0 Å². The second-order valence-corrected chi connectivity index (χ2v) is 3.98. The molecule has 6 heteroatoms. The first-order valence-electron chi connectivity index (χ1n) is 5.17. The molecule has 1 atom stereocenters. The Morgan fingerprint density at radius 1 is 1.62 bits per heavy atom. The zero-order valence-electron chi connectivity index (χ0n) is 8.98. The Balaban J connectivity index is 2.34. The molecule has 88 valence electrons. The van der Waals surface area contributed by atoms with Crippen LogP contribution >= 0.6 is 11.6 Å². The minimum absolute atomic E-state index is 0.0478. The number of halogens is 1. The molecule has 0 spiro atoms. The fourth-order valence-electron chi connectivity index (χ4n) is 1.69. The molecule has 1 aliphatic heterocycles. The normalized spacial score (nSPS) is 20.8. The fraction of sp³-hybridized carbons (Fsp3) is 0.600. The number of ether oxygens (including phenoxy) is 2. The quantitative estimate of drug-likeness (QED) is 0.793. The van der Waals surface area contributed by atoms with Gasteiger partial charge in [0.1, 0.15) is 0 Å². The molecule has 0 bridgehead atoms. The number of rotatable bonds is 2. The van der Waals surface area contributed by atoms with Crippen LogP contribution in [0, 0.1) is 0 Å². The smallest absolute Gasteiger partial charge is 0.291 e. The third-order valence-corrected chi connectivity index (χ3v) is 2.91. The fourth-order valence-corrected chi connectivity index (χ4v) is 1.91. The van der Waals surface area contributed by atoms with Gasteiger partial charge in [0.25, 0.3) is 5.56 Å². The largest absolute Gasteiger partial charge is 0.493 e. The van der Waals surface area contributed by atoms with E-state index in [1.807, 2.05) is 0 Å². The molecule has 5 nitrogen and oxygen atoms in total. The SMILES string of the molecule is COc1cnn([C@H]2CCCCO2)c(=O)c1Cl. The summed E-state index contributed by atoms with van der Waals surface area (Å²) in [6, 6.07) is 0. The Morgan fingerprint density at radius 2 is 2.44 bits per heavy atom. The first kappa shape index (κ1) is 11.4. The van der Waals surface area contributed by atoms with Crippen molar-refractivity contribution in [1.82, 2.24) is 9.78 Å². The first-order chi connectivity index (χ1) is 7.74. The van der Waals surface area contributed by atoms with Gasteiger partial charge in [0.15, 0.2) is 17.0 Å². The number of nitrogens with zero attached hydrogens (tertiary/aromatic N) is 2. The van der Waals surface area contributed by atoms with Crippen molar-refractivity contribution in [2.24, 2.45) is 0 Å². The average Bonchev–Trinajstić information content (AvgIpc) is 2.34. The van der Waals surface area contributed by atoms with Gasteiger partial charge in [-0.25, -0.2) is 0 Å². The summed E-state index contributed by atoms with van der Waals surface area (Å²) in [5.41, 5.74) is -0.368. The van der Waals surface area contributed by atoms with Crippen LogP contribution in [0.3, 0.4) is 0 Å². The van der Waals surface area contributed by atoms with Crippen molar-refractivity contribution in [2.45, 2.75) is 25.5 Å². The van der Waals surface area contributed by atoms with Crippen LogP contribution in [0.1, 0.15) is 25.5 Å². The predicted molar refractivity (Wildman–Crippen MR) is 58.9 cm³/mol. The third kappa shape index (κ3) is 2.05. The van der Waals surface area contributed by atoms with Crippen LogP contribution < -0.4 is 10.3 Å². The van der Waals surface area contributed by atoms with Gasteiger partial charge in [-0.2, -0.15) is 9.78 Å². The summed E-state index contributed by atoms with van der Waals surface area (Å²) in [4.78, 5) is 11.9. The van der Waals surface area contributed by atoms with E-state index in [1.165, 1.54) is 18.0 Å². The Hall–Kier alpha value is -1.07. The lowest BCUT2D eigenvalue weighted by Gasteiger charge is -2.23. The molecule has 16 heavy (non-hydrogen) atoms. The van der Waals surface area contributed by atoms with E-state index in [4.69, 9.17) is 21.1 Å². The van der Waals surface area contributed by atoms with Crippen LogP contribution in [-0.2, 0) is 4.74 Å². The molecule has 1 aromatic rings. The summed E-state index contributed by atoms with van der Waals surface area (Å²) in [6.45, 7) is 0.655. The number of methoxy groups -OCH3 is 1. The molecule has 1 fully saturated rings. The third-order valence-electron chi connectivity index (χ3n) is 2.56. The lowest BCUT2D eigenvalue weighted by Crippen LogP contribution is -2.31. The molecule has 2 rings (SSSR count). The van der Waals surface area contributed by atoms with Gasteiger partial charge in [0.05, 0.1) is 13.3 Å².